The molecule has 0 aliphatic heterocycles. The van der Waals surface area contributed by atoms with E-state index in [0.717, 1.165) is 12.1 Å². The van der Waals surface area contributed by atoms with Gasteiger partial charge in [-0.15, -0.1) is 0 Å². The zero-order valence-electron chi connectivity index (χ0n) is 10.5. The van der Waals surface area contributed by atoms with Crippen LogP contribution in [0, 0.1) is 11.3 Å². The number of alkyl halides is 3. The number of nitrogens with zero attached hydrogens (tertiary/aromatic N) is 1. The molecule has 2 aromatic rings. The van der Waals surface area contributed by atoms with Gasteiger partial charge in [-0.1, -0.05) is 18.2 Å². The summed E-state index contributed by atoms with van der Waals surface area (Å²) in [5.41, 5.74) is -0.0791. The van der Waals surface area contributed by atoms with Crippen LogP contribution in [0.2, 0.25) is 0 Å². The molecule has 0 atom stereocenters. The summed E-state index contributed by atoms with van der Waals surface area (Å²) in [6, 6.07) is 11.7. The SMILES string of the molecule is COc1ccccc1-c1cc(C#N)cc(C(F)(F)F)c1. The van der Waals surface area contributed by atoms with Crippen LogP contribution in [0.25, 0.3) is 11.1 Å². The summed E-state index contributed by atoms with van der Waals surface area (Å²) in [5, 5.41) is 8.88. The number of rotatable bonds is 2. The maximum atomic E-state index is 12.8. The zero-order valence-corrected chi connectivity index (χ0v) is 10.5. The molecule has 0 fully saturated rings. The van der Waals surface area contributed by atoms with Crippen LogP contribution in [-0.4, -0.2) is 7.11 Å². The fraction of sp³-hybridized carbons (Fsp3) is 0.133. The van der Waals surface area contributed by atoms with Crippen LogP contribution in [0.3, 0.4) is 0 Å². The lowest BCUT2D eigenvalue weighted by Gasteiger charge is -2.12. The molecule has 0 N–H and O–H groups in total. The quantitative estimate of drug-likeness (QED) is 0.822. The molecule has 5 heteroatoms. The van der Waals surface area contributed by atoms with E-state index in [0.29, 0.717) is 16.9 Å². The molecule has 102 valence electrons. The van der Waals surface area contributed by atoms with Crippen molar-refractivity contribution in [2.24, 2.45) is 0 Å². The number of methoxy groups -OCH3 is 1. The molecule has 20 heavy (non-hydrogen) atoms. The third-order valence-electron chi connectivity index (χ3n) is 2.81. The largest absolute Gasteiger partial charge is 0.496 e. The highest BCUT2D eigenvalue weighted by molar-refractivity contribution is 5.72. The Morgan fingerprint density at radius 3 is 2.40 bits per heavy atom. The van der Waals surface area contributed by atoms with E-state index in [9.17, 15) is 13.2 Å². The maximum absolute atomic E-state index is 12.8. The van der Waals surface area contributed by atoms with E-state index >= 15 is 0 Å². The van der Waals surface area contributed by atoms with Crippen molar-refractivity contribution >= 4 is 0 Å². The lowest BCUT2D eigenvalue weighted by atomic mass is 9.99. The van der Waals surface area contributed by atoms with Gasteiger partial charge < -0.3 is 4.74 Å². The zero-order chi connectivity index (χ0) is 14.8. The predicted molar refractivity (Wildman–Crippen MR) is 68.1 cm³/mol. The summed E-state index contributed by atoms with van der Waals surface area (Å²) in [5.74, 6) is 0.454. The maximum Gasteiger partial charge on any atom is 0.416 e. The molecule has 2 nitrogen and oxygen atoms in total. The number of hydrogen-bond donors (Lipinski definition) is 0. The first-order valence-corrected chi connectivity index (χ1v) is 5.71. The fourth-order valence-electron chi connectivity index (χ4n) is 1.89. The topological polar surface area (TPSA) is 33.0 Å². The minimum absolute atomic E-state index is 0.0410. The Hall–Kier alpha value is -2.48. The first-order chi connectivity index (χ1) is 9.45. The molecule has 0 spiro atoms. The average Bonchev–Trinajstić information content (AvgIpc) is 2.45. The minimum Gasteiger partial charge on any atom is -0.496 e. The number of halogens is 3. The lowest BCUT2D eigenvalue weighted by molar-refractivity contribution is -0.137. The second-order valence-electron chi connectivity index (χ2n) is 4.11. The number of hydrogen-bond acceptors (Lipinski definition) is 2. The van der Waals surface area contributed by atoms with Crippen molar-refractivity contribution in [1.29, 1.82) is 5.26 Å². The Labute approximate surface area is 114 Å². The van der Waals surface area contributed by atoms with E-state index < -0.39 is 11.7 Å². The van der Waals surface area contributed by atoms with Gasteiger partial charge >= 0.3 is 6.18 Å². The Morgan fingerprint density at radius 1 is 1.10 bits per heavy atom. The van der Waals surface area contributed by atoms with Crippen LogP contribution in [-0.2, 0) is 6.18 Å². The normalized spacial score (nSPS) is 10.9. The number of benzene rings is 2. The van der Waals surface area contributed by atoms with Crippen LogP contribution in [0.4, 0.5) is 13.2 Å². The standard InChI is InChI=1S/C15H10F3NO/c1-20-14-5-3-2-4-13(14)11-6-10(9-19)7-12(8-11)15(16,17)18/h2-8H,1H3. The van der Waals surface area contributed by atoms with Gasteiger partial charge in [-0.25, -0.2) is 0 Å². The Bertz CT molecular complexity index is 672. The predicted octanol–water partition coefficient (Wildman–Crippen LogP) is 4.25. The molecule has 0 saturated carbocycles. The van der Waals surface area contributed by atoms with Gasteiger partial charge in [-0.3, -0.25) is 0 Å². The summed E-state index contributed by atoms with van der Waals surface area (Å²) in [6.07, 6.45) is -4.50. The van der Waals surface area contributed by atoms with Crippen LogP contribution in [0.5, 0.6) is 5.75 Å². The molecule has 0 amide bonds. The molecule has 0 aromatic heterocycles. The van der Waals surface area contributed by atoms with Gasteiger partial charge in [0, 0.05) is 5.56 Å². The lowest BCUT2D eigenvalue weighted by Crippen LogP contribution is -2.05. The third-order valence-corrected chi connectivity index (χ3v) is 2.81. The van der Waals surface area contributed by atoms with Crippen molar-refractivity contribution in [2.45, 2.75) is 6.18 Å². The fourth-order valence-corrected chi connectivity index (χ4v) is 1.89. The van der Waals surface area contributed by atoms with E-state index in [2.05, 4.69) is 0 Å². The number of nitriles is 1. The van der Waals surface area contributed by atoms with Crippen molar-refractivity contribution in [1.82, 2.24) is 0 Å². The van der Waals surface area contributed by atoms with Crippen LogP contribution < -0.4 is 4.74 Å². The Kier molecular flexibility index (Phi) is 3.66. The van der Waals surface area contributed by atoms with Crippen molar-refractivity contribution in [3.8, 4) is 22.9 Å². The van der Waals surface area contributed by atoms with Crippen LogP contribution in [0.1, 0.15) is 11.1 Å². The van der Waals surface area contributed by atoms with Crippen molar-refractivity contribution in [3.63, 3.8) is 0 Å². The van der Waals surface area contributed by atoms with Gasteiger partial charge in [0.25, 0.3) is 0 Å². The van der Waals surface area contributed by atoms with E-state index in [1.807, 2.05) is 0 Å². The van der Waals surface area contributed by atoms with Crippen LogP contribution in [0.15, 0.2) is 42.5 Å². The van der Waals surface area contributed by atoms with Gasteiger partial charge in [0.1, 0.15) is 5.75 Å². The summed E-state index contributed by atoms with van der Waals surface area (Å²) < 4.78 is 43.7. The highest BCUT2D eigenvalue weighted by atomic mass is 19.4. The van der Waals surface area contributed by atoms with Crippen molar-refractivity contribution in [2.75, 3.05) is 7.11 Å². The minimum atomic E-state index is -4.50. The highest BCUT2D eigenvalue weighted by Crippen LogP contribution is 2.36. The van der Waals surface area contributed by atoms with Crippen LogP contribution >= 0.6 is 0 Å². The summed E-state index contributed by atoms with van der Waals surface area (Å²) >= 11 is 0. The Morgan fingerprint density at radius 2 is 1.80 bits per heavy atom. The van der Waals surface area contributed by atoms with Gasteiger partial charge in [0.05, 0.1) is 24.3 Å². The van der Waals surface area contributed by atoms with Crippen molar-refractivity contribution in [3.05, 3.63) is 53.6 Å². The van der Waals surface area contributed by atoms with Gasteiger partial charge in [0.15, 0.2) is 0 Å². The molecule has 0 aliphatic carbocycles. The van der Waals surface area contributed by atoms with Crippen molar-refractivity contribution < 1.29 is 17.9 Å². The number of ether oxygens (including phenoxy) is 1. The van der Waals surface area contributed by atoms with E-state index in [-0.39, 0.29) is 5.56 Å². The molecule has 0 bridgehead atoms. The second kappa shape index (κ2) is 5.25. The molecule has 0 heterocycles. The first-order valence-electron chi connectivity index (χ1n) is 5.71. The average molecular weight is 277 g/mol. The number of para-hydroxylation sites is 1. The molecule has 0 saturated heterocycles. The monoisotopic (exact) mass is 277 g/mol. The molecular weight excluding hydrogens is 267 g/mol. The van der Waals surface area contributed by atoms with E-state index in [1.54, 1.807) is 30.3 Å². The second-order valence-corrected chi connectivity index (χ2v) is 4.11. The van der Waals surface area contributed by atoms with Gasteiger partial charge in [-0.05, 0) is 29.8 Å². The molecule has 2 aromatic carbocycles. The Balaban J connectivity index is 2.66. The van der Waals surface area contributed by atoms with Gasteiger partial charge in [-0.2, -0.15) is 18.4 Å². The molecule has 0 unspecified atom stereocenters. The van der Waals surface area contributed by atoms with Gasteiger partial charge in [0.2, 0.25) is 0 Å². The molecular formula is C15H10F3NO. The smallest absolute Gasteiger partial charge is 0.416 e. The molecule has 2 rings (SSSR count). The van der Waals surface area contributed by atoms with E-state index in [4.69, 9.17) is 10.00 Å². The third kappa shape index (κ3) is 2.75. The van der Waals surface area contributed by atoms with E-state index in [1.165, 1.54) is 13.2 Å². The summed E-state index contributed by atoms with van der Waals surface area (Å²) in [6.45, 7) is 0. The summed E-state index contributed by atoms with van der Waals surface area (Å²) in [7, 11) is 1.44. The highest BCUT2D eigenvalue weighted by Gasteiger charge is 2.31. The summed E-state index contributed by atoms with van der Waals surface area (Å²) in [4.78, 5) is 0. The molecule has 0 radical (unpaired) electrons. The first kappa shape index (κ1) is 13.9. The molecule has 0 aliphatic rings.